The average Bonchev–Trinajstić information content (AvgIpc) is 3.51. The van der Waals surface area contributed by atoms with Gasteiger partial charge in [0.05, 0.1) is 34.8 Å². The molecule has 6 rings (SSSR count). The van der Waals surface area contributed by atoms with E-state index in [1.54, 1.807) is 24.8 Å². The normalized spacial score (nSPS) is 11.8. The van der Waals surface area contributed by atoms with E-state index in [2.05, 4.69) is 36.5 Å². The Balaban J connectivity index is 1.41. The molecular weight excluding hydrogens is 491 g/mol. The number of nitrogens with zero attached hydrogens (tertiary/aromatic N) is 3. The smallest absolute Gasteiger partial charge is 0.229 e. The SMILES string of the molecule is Cc1cc(F)cc(-c2cncc3[nH]c(-c4n[nH]c5ccc(-c6cncc(NC(=O)C(C)(C)C)c6)cc45)cc23)c1. The minimum Gasteiger partial charge on any atom is -0.352 e. The van der Waals surface area contributed by atoms with Gasteiger partial charge in [-0.3, -0.25) is 19.9 Å². The van der Waals surface area contributed by atoms with Gasteiger partial charge in [-0.1, -0.05) is 32.9 Å². The Kier molecular flexibility index (Phi) is 5.75. The van der Waals surface area contributed by atoms with Crippen molar-refractivity contribution < 1.29 is 9.18 Å². The van der Waals surface area contributed by atoms with Crippen LogP contribution in [-0.4, -0.2) is 31.1 Å². The predicted octanol–water partition coefficient (Wildman–Crippen LogP) is 7.27. The standard InChI is InChI=1S/C31H27FN6O/c1-17-7-19(9-21(32)8-17)25-15-34-16-28-23(25)12-27(36-28)29-24-11-18(5-6-26(24)37-38-29)20-10-22(14-33-13-20)35-30(39)31(2,3)4/h5-16,36H,1-4H3,(H,35,39)(H,37,38). The van der Waals surface area contributed by atoms with Crippen molar-refractivity contribution in [1.82, 2.24) is 25.1 Å². The molecule has 3 N–H and O–H groups in total. The van der Waals surface area contributed by atoms with E-state index in [-0.39, 0.29) is 11.7 Å². The molecule has 0 saturated heterocycles. The van der Waals surface area contributed by atoms with Crippen molar-refractivity contribution in [3.8, 4) is 33.6 Å². The number of hydrogen-bond acceptors (Lipinski definition) is 4. The van der Waals surface area contributed by atoms with E-state index in [0.29, 0.717) is 5.69 Å². The molecule has 2 aromatic carbocycles. The number of pyridine rings is 2. The molecule has 0 atom stereocenters. The second kappa shape index (κ2) is 9.16. The summed E-state index contributed by atoms with van der Waals surface area (Å²) in [5.41, 5.74) is 7.72. The number of hydrogen-bond donors (Lipinski definition) is 3. The Morgan fingerprint density at radius 3 is 2.46 bits per heavy atom. The molecule has 8 heteroatoms. The van der Waals surface area contributed by atoms with Gasteiger partial charge in [-0.05, 0) is 60.0 Å². The summed E-state index contributed by atoms with van der Waals surface area (Å²) in [6.45, 7) is 7.49. The third kappa shape index (κ3) is 4.65. The van der Waals surface area contributed by atoms with Crippen molar-refractivity contribution in [2.75, 3.05) is 5.32 Å². The number of aromatic amines is 2. The number of rotatable bonds is 4. The average molecular weight is 519 g/mol. The largest absolute Gasteiger partial charge is 0.352 e. The maximum atomic E-state index is 14.2. The minimum atomic E-state index is -0.511. The summed E-state index contributed by atoms with van der Waals surface area (Å²) >= 11 is 0. The van der Waals surface area contributed by atoms with Crippen LogP contribution in [0.2, 0.25) is 0 Å². The molecule has 7 nitrogen and oxygen atoms in total. The van der Waals surface area contributed by atoms with E-state index in [1.165, 1.54) is 12.1 Å². The lowest BCUT2D eigenvalue weighted by molar-refractivity contribution is -0.123. The zero-order valence-electron chi connectivity index (χ0n) is 22.1. The number of aryl methyl sites for hydroxylation is 1. The zero-order chi connectivity index (χ0) is 27.3. The molecular formula is C31H27FN6O. The Bertz CT molecular complexity index is 1860. The highest BCUT2D eigenvalue weighted by atomic mass is 19.1. The summed E-state index contributed by atoms with van der Waals surface area (Å²) < 4.78 is 14.2. The van der Waals surface area contributed by atoms with Crippen LogP contribution in [0.4, 0.5) is 10.1 Å². The highest BCUT2D eigenvalue weighted by Gasteiger charge is 2.21. The van der Waals surface area contributed by atoms with Gasteiger partial charge in [-0.15, -0.1) is 0 Å². The number of nitrogens with one attached hydrogen (secondary N) is 3. The van der Waals surface area contributed by atoms with Gasteiger partial charge in [0.2, 0.25) is 5.91 Å². The lowest BCUT2D eigenvalue weighted by Crippen LogP contribution is -2.27. The van der Waals surface area contributed by atoms with Crippen LogP contribution < -0.4 is 5.32 Å². The molecule has 0 radical (unpaired) electrons. The van der Waals surface area contributed by atoms with Crippen LogP contribution in [0, 0.1) is 18.2 Å². The van der Waals surface area contributed by atoms with Gasteiger partial charge in [-0.25, -0.2) is 4.39 Å². The molecule has 39 heavy (non-hydrogen) atoms. The van der Waals surface area contributed by atoms with Crippen molar-refractivity contribution in [2.45, 2.75) is 27.7 Å². The van der Waals surface area contributed by atoms with Gasteiger partial charge < -0.3 is 10.3 Å². The Hall–Kier alpha value is -4.85. The fraction of sp³-hybridized carbons (Fsp3) is 0.161. The van der Waals surface area contributed by atoms with Crippen LogP contribution in [0.3, 0.4) is 0 Å². The first kappa shape index (κ1) is 24.5. The maximum Gasteiger partial charge on any atom is 0.229 e. The van der Waals surface area contributed by atoms with Gasteiger partial charge in [0.1, 0.15) is 11.5 Å². The van der Waals surface area contributed by atoms with E-state index in [0.717, 1.165) is 61.0 Å². The van der Waals surface area contributed by atoms with Crippen LogP contribution >= 0.6 is 0 Å². The van der Waals surface area contributed by atoms with Crippen molar-refractivity contribution in [1.29, 1.82) is 0 Å². The number of fused-ring (bicyclic) bond motifs is 2. The summed E-state index contributed by atoms with van der Waals surface area (Å²) in [6, 6.07) is 15.0. The van der Waals surface area contributed by atoms with Gasteiger partial charge >= 0.3 is 0 Å². The number of carbonyl (C=O) groups excluding carboxylic acids is 1. The summed E-state index contributed by atoms with van der Waals surface area (Å²) in [6.07, 6.45) is 6.94. The van der Waals surface area contributed by atoms with Crippen LogP contribution in [0.15, 0.2) is 73.3 Å². The van der Waals surface area contributed by atoms with Crippen LogP contribution in [0.5, 0.6) is 0 Å². The summed E-state index contributed by atoms with van der Waals surface area (Å²) in [4.78, 5) is 24.6. The zero-order valence-corrected chi connectivity index (χ0v) is 22.1. The summed E-state index contributed by atoms with van der Waals surface area (Å²) in [5.74, 6) is -0.352. The molecule has 4 aromatic heterocycles. The molecule has 0 aliphatic heterocycles. The molecule has 0 aliphatic rings. The van der Waals surface area contributed by atoms with Crippen molar-refractivity contribution >= 4 is 33.4 Å². The maximum absolute atomic E-state index is 14.2. The van der Waals surface area contributed by atoms with E-state index in [1.807, 2.05) is 58.0 Å². The fourth-order valence-corrected chi connectivity index (χ4v) is 4.68. The molecule has 0 spiro atoms. The molecule has 1 amide bonds. The highest BCUT2D eigenvalue weighted by Crippen LogP contribution is 2.35. The molecule has 0 saturated carbocycles. The second-order valence-electron chi connectivity index (χ2n) is 10.8. The Labute approximate surface area is 224 Å². The second-order valence-corrected chi connectivity index (χ2v) is 10.8. The number of halogens is 1. The molecule has 0 bridgehead atoms. The van der Waals surface area contributed by atoms with Gasteiger partial charge in [0.15, 0.2) is 0 Å². The lowest BCUT2D eigenvalue weighted by Gasteiger charge is -2.17. The number of benzene rings is 2. The quantitative estimate of drug-likeness (QED) is 0.229. The van der Waals surface area contributed by atoms with E-state index >= 15 is 0 Å². The monoisotopic (exact) mass is 518 g/mol. The third-order valence-electron chi connectivity index (χ3n) is 6.73. The molecule has 0 fully saturated rings. The summed E-state index contributed by atoms with van der Waals surface area (Å²) in [5, 5.41) is 12.5. The molecule has 0 unspecified atom stereocenters. The van der Waals surface area contributed by atoms with E-state index in [9.17, 15) is 9.18 Å². The topological polar surface area (TPSA) is 99.3 Å². The van der Waals surface area contributed by atoms with Gasteiger partial charge in [-0.2, -0.15) is 5.10 Å². The molecule has 4 heterocycles. The van der Waals surface area contributed by atoms with E-state index < -0.39 is 5.41 Å². The molecule has 6 aromatic rings. The molecule has 194 valence electrons. The predicted molar refractivity (Wildman–Crippen MR) is 153 cm³/mol. The molecule has 0 aliphatic carbocycles. The Morgan fingerprint density at radius 1 is 0.846 bits per heavy atom. The van der Waals surface area contributed by atoms with Crippen molar-refractivity contribution in [3.05, 3.63) is 84.7 Å². The van der Waals surface area contributed by atoms with Crippen LogP contribution in [-0.2, 0) is 4.79 Å². The van der Waals surface area contributed by atoms with Crippen LogP contribution in [0.25, 0.3) is 55.4 Å². The lowest BCUT2D eigenvalue weighted by atomic mass is 9.95. The first-order valence-electron chi connectivity index (χ1n) is 12.7. The van der Waals surface area contributed by atoms with Crippen LogP contribution in [0.1, 0.15) is 26.3 Å². The number of anilines is 1. The highest BCUT2D eigenvalue weighted by molar-refractivity contribution is 6.01. The Morgan fingerprint density at radius 2 is 1.67 bits per heavy atom. The third-order valence-corrected chi connectivity index (χ3v) is 6.73. The number of aromatic nitrogens is 5. The van der Waals surface area contributed by atoms with Crippen molar-refractivity contribution in [3.63, 3.8) is 0 Å². The van der Waals surface area contributed by atoms with Crippen molar-refractivity contribution in [2.24, 2.45) is 5.41 Å². The van der Waals surface area contributed by atoms with Gasteiger partial charge in [0, 0.05) is 39.7 Å². The van der Waals surface area contributed by atoms with E-state index in [4.69, 9.17) is 0 Å². The minimum absolute atomic E-state index is 0.0740. The first-order chi connectivity index (χ1) is 18.7. The number of carbonyl (C=O) groups is 1. The van der Waals surface area contributed by atoms with Gasteiger partial charge in [0.25, 0.3) is 0 Å². The summed E-state index contributed by atoms with van der Waals surface area (Å²) in [7, 11) is 0. The first-order valence-corrected chi connectivity index (χ1v) is 12.7. The number of amides is 1. The fourth-order valence-electron chi connectivity index (χ4n) is 4.68. The number of H-pyrrole nitrogens is 2.